The lowest BCUT2D eigenvalue weighted by Crippen LogP contribution is -2.68. The van der Waals surface area contributed by atoms with Crippen LogP contribution >= 0.6 is 0 Å². The van der Waals surface area contributed by atoms with E-state index in [0.717, 1.165) is 0 Å². The summed E-state index contributed by atoms with van der Waals surface area (Å²) in [4.78, 5) is 27.1. The van der Waals surface area contributed by atoms with Gasteiger partial charge in [-0.1, -0.05) is 0 Å². The van der Waals surface area contributed by atoms with Crippen molar-refractivity contribution in [2.45, 2.75) is 215 Å². The number of carbonyl (C=O) groups is 2. The summed E-state index contributed by atoms with van der Waals surface area (Å²) in [6.45, 7) is -6.84. The lowest BCUT2D eigenvalue weighted by Gasteiger charge is -2.50. The first-order valence-corrected chi connectivity index (χ1v) is 28.4. The van der Waals surface area contributed by atoms with E-state index in [-0.39, 0.29) is 11.4 Å². The zero-order valence-electron chi connectivity index (χ0n) is 46.5. The molecule has 16 bridgehead atoms. The third-order valence-electron chi connectivity index (χ3n) is 16.8. The third kappa shape index (κ3) is 14.0. The second-order valence-corrected chi connectivity index (χ2v) is 22.5. The largest absolute Gasteiger partial charge is 0.394 e. The Morgan fingerprint density at radius 3 is 0.685 bits per heavy atom. The average Bonchev–Trinajstić information content (AvgIpc) is 2.50. The van der Waals surface area contributed by atoms with Crippen LogP contribution in [-0.2, 0) is 66.3 Å². The molecule has 1 aromatic carbocycles. The maximum Gasteiger partial charge on any atom is 0.319 e. The molecule has 506 valence electrons. The fourth-order valence-electron chi connectivity index (χ4n) is 11.8. The van der Waals surface area contributed by atoms with Gasteiger partial charge in [-0.05, 0) is 24.3 Å². The zero-order valence-corrected chi connectivity index (χ0v) is 46.5. The molecule has 14 unspecified atom stereocenters. The van der Waals surface area contributed by atoms with Gasteiger partial charge in [-0.25, -0.2) is 9.59 Å². The molecular formula is C50H76N4O35. The summed E-state index contributed by atoms with van der Waals surface area (Å²) in [6, 6.07) is 3.33. The molecule has 18 aliphatic heterocycles. The van der Waals surface area contributed by atoms with Crippen molar-refractivity contribution in [1.29, 1.82) is 0 Å². The van der Waals surface area contributed by atoms with E-state index >= 15 is 0 Å². The number of ether oxygens (including phenoxy) is 14. The molecule has 39 heteroatoms. The quantitative estimate of drug-likeness (QED) is 0.130. The molecule has 7 saturated heterocycles. The molecule has 23 N–H and O–H groups in total. The molecule has 35 atom stereocenters. The zero-order chi connectivity index (χ0) is 64.0. The molecule has 7 fully saturated rings. The first kappa shape index (κ1) is 68.3. The van der Waals surface area contributed by atoms with E-state index < -0.39 is 273 Å². The molecule has 18 heterocycles. The standard InChI is InChI=1S/C50H76N4O35/c55-7-16-37-25(64)32(71)46(80-16)87-39-18(9-57)78-44(30(69)23(39)62)83-35-14-5-51-49(74)53-12-1-3-13(4-2-12)54-50(75)52-6-15-36(21(60)28(67)42(76-15)85-37)84-45-31(70)24(63)40(19(10-58)79-45)88-48-34(73)27(66)41(20(11-59)82-48)89-47-33(72)26(65)38(17(8-56)81-47)86-43(77-14)29(68)22(35)61/h1-4,14-48,55-73H,5-11H2,(H2,51,53,74)(H2,52,54,75)/t14-,15-,16-,17-,18-,19-,20-,21?,22?,23?,24?,25?,26?,27?,28?,29?,30?,31?,32?,33?,34?,35-,36-,37-,38-,39-,40-,41-,42-,43-,44-,45-,46-,47-,48-/m1/s1. The van der Waals surface area contributed by atoms with Gasteiger partial charge in [0.1, 0.15) is 171 Å². The predicted octanol–water partition coefficient (Wildman–Crippen LogP) is -13.3. The second kappa shape index (κ2) is 29.0. The van der Waals surface area contributed by atoms with E-state index in [0.29, 0.717) is 0 Å². The van der Waals surface area contributed by atoms with Crippen LogP contribution < -0.4 is 21.3 Å². The molecule has 0 spiro atoms. The van der Waals surface area contributed by atoms with Crippen molar-refractivity contribution in [1.82, 2.24) is 10.6 Å². The van der Waals surface area contributed by atoms with Crippen molar-refractivity contribution in [2.75, 3.05) is 56.8 Å². The number of fused-ring (bicyclic) bond motifs is 3. The highest BCUT2D eigenvalue weighted by Crippen LogP contribution is 2.39. The molecule has 39 nitrogen and oxygen atoms in total. The van der Waals surface area contributed by atoms with Crippen LogP contribution in [0.3, 0.4) is 0 Å². The molecule has 0 radical (unpaired) electrons. The van der Waals surface area contributed by atoms with Crippen LogP contribution in [0, 0.1) is 0 Å². The molecule has 18 aliphatic rings. The Kier molecular flexibility index (Phi) is 22.2. The molecule has 0 aliphatic carbocycles. The van der Waals surface area contributed by atoms with E-state index in [2.05, 4.69) is 21.3 Å². The van der Waals surface area contributed by atoms with Gasteiger partial charge in [0.2, 0.25) is 0 Å². The summed E-state index contributed by atoms with van der Waals surface area (Å²) >= 11 is 0. The van der Waals surface area contributed by atoms with E-state index in [4.69, 9.17) is 66.3 Å². The van der Waals surface area contributed by atoms with Crippen molar-refractivity contribution in [3.63, 3.8) is 0 Å². The van der Waals surface area contributed by atoms with E-state index in [1.165, 1.54) is 24.3 Å². The smallest absolute Gasteiger partial charge is 0.319 e. The number of amides is 4. The SMILES string of the molecule is O=C1NC[C@H]2O[C@@H]3O[C@H]4C(O)C(O)[C@H](O[C@@H]4CO)O[C@H]4C(O)C(O)[C@H](O[C@@H]4CO)O[C@H]4C(O)C(O)[C@H](O[C@@H]4CNC(=O)Nc4ccc(cc4)N1)O[C@H]1C(O)C(O)[C@H](O[C@@H]1CO)O[C@H]1C(O)C(O)[C@H](O[C@@H]1CO)O[C@H]1C(O)C(O)[C@H](O[C@@H]1CO)O[C@H]2C(O)C3O. The fraction of sp³-hybridized carbons (Fsp3) is 0.840. The number of aliphatic hydroxyl groups excluding tert-OH is 19. The van der Waals surface area contributed by atoms with Gasteiger partial charge in [-0.3, -0.25) is 0 Å². The number of urea groups is 2. The minimum absolute atomic E-state index is 0.0833. The van der Waals surface area contributed by atoms with Gasteiger partial charge in [-0.15, -0.1) is 0 Å². The fourth-order valence-corrected chi connectivity index (χ4v) is 11.8. The number of benzene rings is 1. The summed E-state index contributed by atoms with van der Waals surface area (Å²) in [5.41, 5.74) is 0.171. The Morgan fingerprint density at radius 1 is 0.281 bits per heavy atom. The summed E-state index contributed by atoms with van der Waals surface area (Å²) in [5.74, 6) is 0. The van der Waals surface area contributed by atoms with Crippen molar-refractivity contribution in [2.24, 2.45) is 0 Å². The van der Waals surface area contributed by atoms with Gasteiger partial charge in [0.15, 0.2) is 44.0 Å². The number of nitrogens with one attached hydrogen (secondary N) is 4. The third-order valence-corrected chi connectivity index (χ3v) is 16.8. The van der Waals surface area contributed by atoms with Crippen LogP contribution in [0.25, 0.3) is 0 Å². The summed E-state index contributed by atoms with van der Waals surface area (Å²) < 4.78 is 82.1. The van der Waals surface area contributed by atoms with Gasteiger partial charge < -0.3 is 185 Å². The summed E-state index contributed by atoms with van der Waals surface area (Å²) in [7, 11) is 0. The Labute approximate surface area is 502 Å². The molecule has 19 rings (SSSR count). The normalized spacial score (nSPS) is 50.4. The van der Waals surface area contributed by atoms with Gasteiger partial charge in [-0.2, -0.15) is 0 Å². The predicted molar refractivity (Wildman–Crippen MR) is 275 cm³/mol. The number of rotatable bonds is 5. The minimum atomic E-state index is -2.28. The topological polar surface area (TPSA) is 596 Å². The van der Waals surface area contributed by atoms with E-state index in [1.54, 1.807) is 0 Å². The number of anilines is 2. The Balaban J connectivity index is 1.03. The molecule has 4 amide bonds. The van der Waals surface area contributed by atoms with Crippen molar-refractivity contribution < 1.29 is 173 Å². The van der Waals surface area contributed by atoms with Gasteiger partial charge in [0, 0.05) is 24.5 Å². The molecule has 89 heavy (non-hydrogen) atoms. The molecule has 0 aromatic heterocycles. The number of hydrogen-bond donors (Lipinski definition) is 23. The van der Waals surface area contributed by atoms with Crippen molar-refractivity contribution in [3.05, 3.63) is 24.3 Å². The van der Waals surface area contributed by atoms with Crippen molar-refractivity contribution >= 4 is 23.4 Å². The maximum absolute atomic E-state index is 13.5. The molecular weight excluding hydrogens is 1220 g/mol. The Morgan fingerprint density at radius 2 is 0.472 bits per heavy atom. The lowest BCUT2D eigenvalue weighted by molar-refractivity contribution is -0.395. The highest BCUT2D eigenvalue weighted by molar-refractivity contribution is 5.91. The first-order valence-electron chi connectivity index (χ1n) is 28.4. The number of carbonyl (C=O) groups excluding carboxylic acids is 2. The Bertz CT molecular complexity index is 2460. The first-order chi connectivity index (χ1) is 42.5. The highest BCUT2D eigenvalue weighted by Gasteiger charge is 2.60. The summed E-state index contributed by atoms with van der Waals surface area (Å²) in [5, 5.41) is 225. The van der Waals surface area contributed by atoms with Crippen LogP contribution in [0.5, 0.6) is 0 Å². The van der Waals surface area contributed by atoms with Gasteiger partial charge >= 0.3 is 12.1 Å². The monoisotopic (exact) mass is 1290 g/mol. The Hall–Kier alpha value is -3.56. The van der Waals surface area contributed by atoms with E-state index in [9.17, 15) is 107 Å². The van der Waals surface area contributed by atoms with E-state index in [1.807, 2.05) is 0 Å². The van der Waals surface area contributed by atoms with Crippen LogP contribution in [0.2, 0.25) is 0 Å². The van der Waals surface area contributed by atoms with Gasteiger partial charge in [0.25, 0.3) is 0 Å². The number of hydrogen-bond acceptors (Lipinski definition) is 35. The lowest BCUT2D eigenvalue weighted by atomic mass is 9.95. The van der Waals surface area contributed by atoms with Crippen LogP contribution in [0.1, 0.15) is 0 Å². The number of aliphatic hydroxyl groups is 19. The molecule has 1 aromatic rings. The second-order valence-electron chi connectivity index (χ2n) is 22.5. The van der Waals surface area contributed by atoms with Crippen molar-refractivity contribution in [3.8, 4) is 0 Å². The highest BCUT2D eigenvalue weighted by atomic mass is 16.8. The summed E-state index contributed by atoms with van der Waals surface area (Å²) in [6.07, 6.45) is -72.1. The van der Waals surface area contributed by atoms with Crippen LogP contribution in [0.4, 0.5) is 21.0 Å². The maximum atomic E-state index is 13.5. The van der Waals surface area contributed by atoms with Crippen LogP contribution in [0.15, 0.2) is 24.3 Å². The van der Waals surface area contributed by atoms with Crippen LogP contribution in [-0.4, -0.2) is 370 Å². The average molecular weight is 1290 g/mol. The minimum Gasteiger partial charge on any atom is -0.394 e. The molecule has 0 saturated carbocycles. The van der Waals surface area contributed by atoms with Gasteiger partial charge in [0.05, 0.1) is 33.0 Å².